The summed E-state index contributed by atoms with van der Waals surface area (Å²) in [5.74, 6) is 2.49. The minimum absolute atomic E-state index is 0.0281. The van der Waals surface area contributed by atoms with Gasteiger partial charge >= 0.3 is 0 Å². The molecule has 0 spiro atoms. The maximum absolute atomic E-state index is 12.2. The summed E-state index contributed by atoms with van der Waals surface area (Å²) in [6.07, 6.45) is 2.61. The smallest absolute Gasteiger partial charge is 0.267 e. The molecule has 2 aromatic heterocycles. The lowest BCUT2D eigenvalue weighted by Crippen LogP contribution is -2.49. The second kappa shape index (κ2) is 5.85. The summed E-state index contributed by atoms with van der Waals surface area (Å²) in [6.45, 7) is 3.36. The summed E-state index contributed by atoms with van der Waals surface area (Å²) in [7, 11) is 0. The van der Waals surface area contributed by atoms with E-state index in [1.165, 1.54) is 0 Å². The number of hydrogen-bond acceptors (Lipinski definition) is 7. The third-order valence-corrected chi connectivity index (χ3v) is 5.17. The maximum Gasteiger partial charge on any atom is 0.267 e. The van der Waals surface area contributed by atoms with Crippen LogP contribution in [-0.4, -0.2) is 43.8 Å². The number of likely N-dealkylation sites (tertiary alicyclic amines) is 1. The van der Waals surface area contributed by atoms with Gasteiger partial charge in [-0.2, -0.15) is 16.9 Å². The first-order valence-corrected chi connectivity index (χ1v) is 8.60. The lowest BCUT2D eigenvalue weighted by Gasteiger charge is -2.38. The molecule has 22 heavy (non-hydrogen) atoms. The molecule has 0 radical (unpaired) electrons. The van der Waals surface area contributed by atoms with Gasteiger partial charge in [0.2, 0.25) is 0 Å². The lowest BCUT2D eigenvalue weighted by atomic mass is 10.00. The molecule has 116 valence electrons. The number of rotatable bonds is 4. The highest BCUT2D eigenvalue weighted by molar-refractivity contribution is 7.98. The minimum Gasteiger partial charge on any atom is -0.297 e. The Morgan fingerprint density at radius 2 is 2.32 bits per heavy atom. The number of thioether (sulfide) groups is 1. The first-order valence-electron chi connectivity index (χ1n) is 7.44. The summed E-state index contributed by atoms with van der Waals surface area (Å²) in [6, 6.07) is 1.77. The second-order valence-corrected chi connectivity index (χ2v) is 7.00. The van der Waals surface area contributed by atoms with Crippen molar-refractivity contribution in [2.45, 2.75) is 25.3 Å². The Balaban J connectivity index is 1.37. The fraction of sp³-hybridized carbons (Fsp3) is 0.571. The van der Waals surface area contributed by atoms with E-state index in [1.54, 1.807) is 16.9 Å². The predicted molar refractivity (Wildman–Crippen MR) is 81.4 cm³/mol. The van der Waals surface area contributed by atoms with E-state index in [1.807, 2.05) is 11.8 Å². The van der Waals surface area contributed by atoms with Crippen molar-refractivity contribution in [2.75, 3.05) is 18.8 Å². The van der Waals surface area contributed by atoms with E-state index in [2.05, 4.69) is 24.9 Å². The summed E-state index contributed by atoms with van der Waals surface area (Å²) in [4.78, 5) is 14.4. The fourth-order valence-electron chi connectivity index (χ4n) is 3.03. The van der Waals surface area contributed by atoms with Gasteiger partial charge in [-0.1, -0.05) is 10.3 Å². The van der Waals surface area contributed by atoms with Gasteiger partial charge in [0.1, 0.15) is 5.69 Å². The molecule has 4 rings (SSSR count). The Morgan fingerprint density at radius 3 is 3.14 bits per heavy atom. The molecule has 0 saturated carbocycles. The molecule has 0 aliphatic carbocycles. The summed E-state index contributed by atoms with van der Waals surface area (Å²) >= 11 is 1.87. The van der Waals surface area contributed by atoms with Crippen LogP contribution in [0, 0.1) is 5.92 Å². The van der Waals surface area contributed by atoms with Gasteiger partial charge in [-0.15, -0.1) is 0 Å². The van der Waals surface area contributed by atoms with Gasteiger partial charge < -0.3 is 0 Å². The first kappa shape index (κ1) is 14.0. The molecule has 7 nitrogen and oxygen atoms in total. The topological polar surface area (TPSA) is 77.0 Å². The molecule has 1 saturated heterocycles. The average molecular weight is 319 g/mol. The Labute approximate surface area is 131 Å². The molecule has 0 bridgehead atoms. The molecule has 0 atom stereocenters. The quantitative estimate of drug-likeness (QED) is 0.814. The summed E-state index contributed by atoms with van der Waals surface area (Å²) in [5, 5.41) is 12.0. The highest BCUT2D eigenvalue weighted by Crippen LogP contribution is 2.22. The molecule has 0 aromatic carbocycles. The van der Waals surface area contributed by atoms with Gasteiger partial charge in [0, 0.05) is 43.8 Å². The van der Waals surface area contributed by atoms with Crippen molar-refractivity contribution >= 4 is 11.8 Å². The molecule has 4 heterocycles. The first-order chi connectivity index (χ1) is 10.8. The number of nitrogens with zero attached hydrogens (tertiary/aromatic N) is 5. The Kier molecular flexibility index (Phi) is 3.71. The number of aromatic nitrogens is 4. The van der Waals surface area contributed by atoms with Gasteiger partial charge in [0.25, 0.3) is 5.56 Å². The van der Waals surface area contributed by atoms with Gasteiger partial charge in [-0.05, 0) is 11.3 Å². The van der Waals surface area contributed by atoms with Crippen molar-refractivity contribution in [1.82, 2.24) is 25.0 Å². The van der Waals surface area contributed by atoms with Crippen LogP contribution in [0.4, 0.5) is 0 Å². The van der Waals surface area contributed by atoms with Gasteiger partial charge in [0.15, 0.2) is 0 Å². The fourth-order valence-corrected chi connectivity index (χ4v) is 3.98. The van der Waals surface area contributed by atoms with Crippen LogP contribution in [-0.2, 0) is 25.3 Å². The molecule has 2 aliphatic rings. The zero-order valence-electron chi connectivity index (χ0n) is 12.1. The molecule has 0 unspecified atom stereocenters. The highest BCUT2D eigenvalue weighted by Gasteiger charge is 2.28. The normalized spacial score (nSPS) is 18.9. The van der Waals surface area contributed by atoms with E-state index in [9.17, 15) is 4.79 Å². The van der Waals surface area contributed by atoms with Gasteiger partial charge in [-0.25, -0.2) is 9.31 Å². The van der Waals surface area contributed by atoms with Crippen LogP contribution in [0.25, 0.3) is 0 Å². The maximum atomic E-state index is 12.2. The van der Waals surface area contributed by atoms with E-state index in [0.29, 0.717) is 12.5 Å². The van der Waals surface area contributed by atoms with Gasteiger partial charge in [0.05, 0.1) is 18.4 Å². The molecule has 2 aromatic rings. The van der Waals surface area contributed by atoms with E-state index < -0.39 is 0 Å². The van der Waals surface area contributed by atoms with E-state index in [0.717, 1.165) is 54.5 Å². The molecule has 8 heteroatoms. The molecule has 1 fully saturated rings. The van der Waals surface area contributed by atoms with Crippen LogP contribution in [0.2, 0.25) is 0 Å². The predicted octanol–water partition coefficient (Wildman–Crippen LogP) is 0.548. The van der Waals surface area contributed by atoms with Crippen molar-refractivity contribution in [3.8, 4) is 0 Å². The third kappa shape index (κ3) is 2.80. The number of hydrogen-bond donors (Lipinski definition) is 0. The number of aryl methyl sites for hydroxylation is 1. The molecule has 0 N–H and O–H groups in total. The van der Waals surface area contributed by atoms with Crippen LogP contribution in [0.5, 0.6) is 0 Å². The van der Waals surface area contributed by atoms with Crippen LogP contribution in [0.3, 0.4) is 0 Å². The largest absolute Gasteiger partial charge is 0.297 e. The van der Waals surface area contributed by atoms with Crippen LogP contribution >= 0.6 is 11.8 Å². The third-order valence-electron chi connectivity index (χ3n) is 4.16. The van der Waals surface area contributed by atoms with Crippen molar-refractivity contribution in [3.63, 3.8) is 0 Å². The van der Waals surface area contributed by atoms with Crippen molar-refractivity contribution < 1.29 is 4.63 Å². The van der Waals surface area contributed by atoms with E-state index in [-0.39, 0.29) is 5.56 Å². The Morgan fingerprint density at radius 1 is 1.41 bits per heavy atom. The van der Waals surface area contributed by atoms with Crippen LogP contribution < -0.4 is 5.56 Å². The molecular weight excluding hydrogens is 302 g/mol. The van der Waals surface area contributed by atoms with Gasteiger partial charge in [-0.3, -0.25) is 9.69 Å². The Bertz CT molecular complexity index is 709. The summed E-state index contributed by atoms with van der Waals surface area (Å²) < 4.78 is 6.24. The zero-order valence-corrected chi connectivity index (χ0v) is 13.0. The average Bonchev–Trinajstić information content (AvgIpc) is 2.98. The highest BCUT2D eigenvalue weighted by atomic mass is 32.2. The molecular formula is C14H17N5O2S. The Hall–Kier alpha value is -1.67. The molecule has 2 aliphatic heterocycles. The lowest BCUT2D eigenvalue weighted by molar-refractivity contribution is 0.0740. The monoisotopic (exact) mass is 319 g/mol. The second-order valence-electron chi connectivity index (χ2n) is 5.90. The van der Waals surface area contributed by atoms with E-state index >= 15 is 0 Å². The number of fused-ring (bicyclic) bond motifs is 1. The summed E-state index contributed by atoms with van der Waals surface area (Å²) in [5.41, 5.74) is 3.09. The van der Waals surface area contributed by atoms with Crippen LogP contribution in [0.15, 0.2) is 21.7 Å². The van der Waals surface area contributed by atoms with Crippen molar-refractivity contribution in [1.29, 1.82) is 0 Å². The molecule has 0 amide bonds. The van der Waals surface area contributed by atoms with Crippen molar-refractivity contribution in [3.05, 3.63) is 39.6 Å². The van der Waals surface area contributed by atoms with Crippen LogP contribution in [0.1, 0.15) is 17.0 Å². The van der Waals surface area contributed by atoms with E-state index in [4.69, 9.17) is 0 Å². The standard InChI is InChI=1S/C14H17N5O2S/c20-14-3-11-9-22-2-1-13(11)16-19(14)7-10-5-18(6-10)8-12-4-15-21-17-12/h3-4,10H,1-2,5-9H2. The zero-order chi connectivity index (χ0) is 14.9. The van der Waals surface area contributed by atoms with Crippen molar-refractivity contribution in [2.24, 2.45) is 5.92 Å². The minimum atomic E-state index is 0.0281. The SMILES string of the molecule is O=c1cc2c(nn1CC1CN(Cc3cnon3)C1)CCSC2.